The highest BCUT2D eigenvalue weighted by atomic mass is 32.2. The van der Waals surface area contributed by atoms with E-state index >= 15 is 0 Å². The number of aliphatic hydroxyl groups excluding tert-OH is 1. The summed E-state index contributed by atoms with van der Waals surface area (Å²) in [7, 11) is -0.194. The average Bonchev–Trinajstić information content (AvgIpc) is 2.91. The van der Waals surface area contributed by atoms with E-state index in [0.717, 1.165) is 11.8 Å². The van der Waals surface area contributed by atoms with Crippen LogP contribution < -0.4 is 0 Å². The van der Waals surface area contributed by atoms with Crippen LogP contribution in [0.4, 0.5) is 0 Å². The smallest absolute Gasteiger partial charge is 0.209 e. The molecule has 0 bridgehead atoms. The van der Waals surface area contributed by atoms with Crippen molar-refractivity contribution in [3.05, 3.63) is 0 Å². The number of ether oxygens (including phenoxy) is 2. The Hall–Kier alpha value is -0.750. The predicted molar refractivity (Wildman–Crippen MR) is 69.9 cm³/mol. The van der Waals surface area contributed by atoms with Gasteiger partial charge in [0.25, 0.3) is 0 Å². The third-order valence-corrected chi connectivity index (χ3v) is 6.09. The van der Waals surface area contributed by atoms with Crippen molar-refractivity contribution in [2.24, 2.45) is 0 Å². The van der Waals surface area contributed by atoms with Crippen molar-refractivity contribution in [3.8, 4) is 0 Å². The lowest BCUT2D eigenvalue weighted by Gasteiger charge is -2.15. The van der Waals surface area contributed by atoms with Crippen molar-refractivity contribution < 1.29 is 23.0 Å². The van der Waals surface area contributed by atoms with E-state index in [2.05, 4.69) is 15.5 Å². The highest BCUT2D eigenvalue weighted by Crippen LogP contribution is 2.29. The molecular formula is C9H16N4O5S2. The molecule has 0 amide bonds. The van der Waals surface area contributed by atoms with Crippen LogP contribution in [0.2, 0.25) is 0 Å². The van der Waals surface area contributed by atoms with Crippen LogP contribution in [-0.4, -0.2) is 77.1 Å². The molecule has 1 N–H and O–H groups in total. The molecule has 1 aromatic rings. The van der Waals surface area contributed by atoms with Crippen LogP contribution in [-0.2, 0) is 25.9 Å². The number of aromatic nitrogens is 4. The van der Waals surface area contributed by atoms with Crippen LogP contribution in [0, 0.1) is 0 Å². The molecule has 0 spiro atoms. The van der Waals surface area contributed by atoms with E-state index in [1.807, 2.05) is 0 Å². The molecule has 2 unspecified atom stereocenters. The molecule has 1 aromatic heterocycles. The minimum atomic E-state index is -3.19. The van der Waals surface area contributed by atoms with E-state index in [0.29, 0.717) is 5.16 Å². The standard InChI is InChI=1S/C9H16N4O5S2/c1-17-8(18-2)3-13-9(10-11-12-13)19-7-5-20(15,16)4-6(7)14/h6-8,14H,3-5H2,1-2H3. The highest BCUT2D eigenvalue weighted by Gasteiger charge is 2.38. The summed E-state index contributed by atoms with van der Waals surface area (Å²) in [5.74, 6) is -0.297. The maximum absolute atomic E-state index is 11.5. The van der Waals surface area contributed by atoms with Crippen molar-refractivity contribution in [1.29, 1.82) is 0 Å². The van der Waals surface area contributed by atoms with Crippen molar-refractivity contribution in [1.82, 2.24) is 20.2 Å². The lowest BCUT2D eigenvalue weighted by atomic mass is 10.3. The van der Waals surface area contributed by atoms with Crippen LogP contribution in [0.5, 0.6) is 0 Å². The summed E-state index contributed by atoms with van der Waals surface area (Å²) in [5.41, 5.74) is 0. The van der Waals surface area contributed by atoms with Gasteiger partial charge < -0.3 is 14.6 Å². The molecule has 1 aliphatic heterocycles. The summed E-state index contributed by atoms with van der Waals surface area (Å²) in [4.78, 5) is 0. The zero-order valence-electron chi connectivity index (χ0n) is 11.0. The van der Waals surface area contributed by atoms with Gasteiger partial charge in [0.15, 0.2) is 16.1 Å². The number of methoxy groups -OCH3 is 2. The number of thioether (sulfide) groups is 1. The number of hydrogen-bond donors (Lipinski definition) is 1. The summed E-state index contributed by atoms with van der Waals surface area (Å²) in [6, 6.07) is 0. The Kier molecular flexibility index (Phi) is 4.96. The Morgan fingerprint density at radius 1 is 1.45 bits per heavy atom. The molecule has 20 heavy (non-hydrogen) atoms. The molecule has 114 valence electrons. The third kappa shape index (κ3) is 3.67. The summed E-state index contributed by atoms with van der Waals surface area (Å²) in [6.07, 6.45) is -1.41. The Morgan fingerprint density at radius 2 is 2.15 bits per heavy atom. The van der Waals surface area contributed by atoms with E-state index in [4.69, 9.17) is 9.47 Å². The molecule has 1 fully saturated rings. The monoisotopic (exact) mass is 324 g/mol. The third-order valence-electron chi connectivity index (χ3n) is 2.88. The maximum atomic E-state index is 11.5. The van der Waals surface area contributed by atoms with Gasteiger partial charge in [-0.3, -0.25) is 0 Å². The zero-order valence-corrected chi connectivity index (χ0v) is 12.7. The second-order valence-corrected chi connectivity index (χ2v) is 7.71. The Balaban J connectivity index is 2.06. The Bertz CT molecular complexity index is 544. The van der Waals surface area contributed by atoms with E-state index < -0.39 is 27.5 Å². The van der Waals surface area contributed by atoms with E-state index in [1.165, 1.54) is 18.9 Å². The van der Waals surface area contributed by atoms with Gasteiger partial charge in [0.2, 0.25) is 5.16 Å². The highest BCUT2D eigenvalue weighted by molar-refractivity contribution is 8.01. The van der Waals surface area contributed by atoms with Gasteiger partial charge >= 0.3 is 0 Å². The van der Waals surface area contributed by atoms with Gasteiger partial charge in [-0.05, 0) is 10.4 Å². The van der Waals surface area contributed by atoms with E-state index in [1.54, 1.807) is 0 Å². The largest absolute Gasteiger partial charge is 0.391 e. The molecule has 1 aliphatic rings. The van der Waals surface area contributed by atoms with E-state index in [-0.39, 0.29) is 18.1 Å². The maximum Gasteiger partial charge on any atom is 0.209 e. The number of hydrogen-bond acceptors (Lipinski definition) is 9. The summed E-state index contributed by atoms with van der Waals surface area (Å²) >= 11 is 1.14. The fraction of sp³-hybridized carbons (Fsp3) is 0.889. The van der Waals surface area contributed by atoms with Crippen LogP contribution in [0.25, 0.3) is 0 Å². The number of nitrogens with zero attached hydrogens (tertiary/aromatic N) is 4. The molecule has 2 atom stereocenters. The molecular weight excluding hydrogens is 308 g/mol. The summed E-state index contributed by atoms with van der Waals surface area (Å²) in [5, 5.41) is 20.9. The minimum Gasteiger partial charge on any atom is -0.391 e. The van der Waals surface area contributed by atoms with E-state index in [9.17, 15) is 13.5 Å². The van der Waals surface area contributed by atoms with Gasteiger partial charge in [0.05, 0.1) is 29.4 Å². The number of rotatable bonds is 6. The van der Waals surface area contributed by atoms with Gasteiger partial charge in [0.1, 0.15) is 0 Å². The molecule has 2 heterocycles. The topological polar surface area (TPSA) is 116 Å². The first-order valence-corrected chi connectivity index (χ1v) is 8.52. The molecule has 0 aliphatic carbocycles. The molecule has 1 saturated heterocycles. The lowest BCUT2D eigenvalue weighted by Crippen LogP contribution is -2.24. The Morgan fingerprint density at radius 3 is 2.70 bits per heavy atom. The van der Waals surface area contributed by atoms with Gasteiger partial charge in [-0.1, -0.05) is 11.8 Å². The van der Waals surface area contributed by atoms with Crippen LogP contribution >= 0.6 is 11.8 Å². The van der Waals surface area contributed by atoms with Crippen molar-refractivity contribution >= 4 is 21.6 Å². The van der Waals surface area contributed by atoms with Crippen molar-refractivity contribution in [3.63, 3.8) is 0 Å². The second kappa shape index (κ2) is 6.35. The first kappa shape index (κ1) is 15.6. The second-order valence-electron chi connectivity index (χ2n) is 4.35. The summed E-state index contributed by atoms with van der Waals surface area (Å²) in [6.45, 7) is 0.276. The van der Waals surface area contributed by atoms with Gasteiger partial charge in [-0.25, -0.2) is 13.1 Å². The first-order valence-electron chi connectivity index (χ1n) is 5.82. The number of sulfone groups is 1. The fourth-order valence-corrected chi connectivity index (χ4v) is 5.29. The SMILES string of the molecule is COC(Cn1nnnc1SC1CS(=O)(=O)CC1O)OC. The van der Waals surface area contributed by atoms with Crippen molar-refractivity contribution in [2.75, 3.05) is 25.7 Å². The predicted octanol–water partition coefficient (Wildman–Crippen LogP) is -1.46. The summed E-state index contributed by atoms with van der Waals surface area (Å²) < 4.78 is 34.5. The van der Waals surface area contributed by atoms with Crippen LogP contribution in [0.3, 0.4) is 0 Å². The first-order chi connectivity index (χ1) is 9.45. The molecule has 0 saturated carbocycles. The zero-order chi connectivity index (χ0) is 14.8. The van der Waals surface area contributed by atoms with Crippen LogP contribution in [0.15, 0.2) is 5.16 Å². The quantitative estimate of drug-likeness (QED) is 0.627. The molecule has 11 heteroatoms. The fourth-order valence-electron chi connectivity index (χ4n) is 1.83. The van der Waals surface area contributed by atoms with Gasteiger partial charge in [0, 0.05) is 14.2 Å². The molecule has 0 radical (unpaired) electrons. The molecule has 2 rings (SSSR count). The van der Waals surface area contributed by atoms with Crippen molar-refractivity contribution in [2.45, 2.75) is 29.3 Å². The van der Waals surface area contributed by atoms with Crippen LogP contribution in [0.1, 0.15) is 0 Å². The number of aliphatic hydroxyl groups is 1. The minimum absolute atomic E-state index is 0.0797. The number of tetrazole rings is 1. The molecule has 9 nitrogen and oxygen atoms in total. The normalized spacial score (nSPS) is 25.4. The van der Waals surface area contributed by atoms with Gasteiger partial charge in [-0.15, -0.1) is 5.10 Å². The molecule has 0 aromatic carbocycles. The van der Waals surface area contributed by atoms with Gasteiger partial charge in [-0.2, -0.15) is 0 Å². The Labute approximate surface area is 120 Å². The average molecular weight is 324 g/mol. The lowest BCUT2D eigenvalue weighted by molar-refractivity contribution is -0.113.